The predicted molar refractivity (Wildman–Crippen MR) is 33.9 cm³/mol. The number of rotatable bonds is 1. The van der Waals surface area contributed by atoms with Gasteiger partial charge in [0.2, 0.25) is 0 Å². The Morgan fingerprint density at radius 3 is 2.44 bits per heavy atom. The maximum Gasteiger partial charge on any atom is 0.279 e. The molecule has 0 unspecified atom stereocenters. The Morgan fingerprint density at radius 2 is 2.22 bits per heavy atom. The minimum absolute atomic E-state index is 0.127. The molecular weight excluding hydrogens is 142 g/mol. The summed E-state index contributed by atoms with van der Waals surface area (Å²) in [6.07, 6.45) is 0. The number of hydrogen-bond acceptors (Lipinski definition) is 1. The number of hydrogen-bond donors (Lipinski definition) is 0. The molecule has 1 aromatic heterocycles. The van der Waals surface area contributed by atoms with Crippen molar-refractivity contribution in [3.63, 3.8) is 0 Å². The van der Waals surface area contributed by atoms with Crippen molar-refractivity contribution in [1.82, 2.24) is 0 Å². The third-order valence-electron chi connectivity index (χ3n) is 0.954. The Kier molecular flexibility index (Phi) is 1.53. The van der Waals surface area contributed by atoms with E-state index >= 15 is 0 Å². The molecule has 0 saturated heterocycles. The third-order valence-corrected chi connectivity index (χ3v) is 2.00. The van der Waals surface area contributed by atoms with Gasteiger partial charge in [-0.05, 0) is 11.4 Å². The lowest BCUT2D eigenvalue weighted by molar-refractivity contribution is 0.0215. The maximum absolute atomic E-state index is 12.3. The normalized spacial score (nSPS) is 11.9. The molecule has 0 fully saturated rings. The highest BCUT2D eigenvalue weighted by atomic mass is 32.1. The molecule has 0 atom stereocenters. The highest BCUT2D eigenvalue weighted by Crippen LogP contribution is 2.29. The van der Waals surface area contributed by atoms with Crippen molar-refractivity contribution in [1.29, 1.82) is 0 Å². The minimum Gasteiger partial charge on any atom is -0.201 e. The van der Waals surface area contributed by atoms with Crippen LogP contribution in [0.1, 0.15) is 11.8 Å². The SMILES string of the molecule is CC(F)(F)c1cccs1. The molecule has 0 bridgehead atoms. The van der Waals surface area contributed by atoms with Crippen molar-refractivity contribution < 1.29 is 8.78 Å². The molecule has 9 heavy (non-hydrogen) atoms. The summed E-state index contributed by atoms with van der Waals surface area (Å²) >= 11 is 1.08. The first-order chi connectivity index (χ1) is 4.11. The van der Waals surface area contributed by atoms with Gasteiger partial charge in [0.15, 0.2) is 0 Å². The van der Waals surface area contributed by atoms with Crippen LogP contribution in [0.25, 0.3) is 0 Å². The molecule has 0 spiro atoms. The van der Waals surface area contributed by atoms with Crippen molar-refractivity contribution in [3.8, 4) is 0 Å². The molecule has 1 heterocycles. The Hall–Kier alpha value is -0.440. The van der Waals surface area contributed by atoms with E-state index in [1.54, 1.807) is 11.4 Å². The van der Waals surface area contributed by atoms with E-state index in [0.29, 0.717) is 0 Å². The van der Waals surface area contributed by atoms with Crippen LogP contribution in [-0.4, -0.2) is 0 Å². The van der Waals surface area contributed by atoms with Crippen LogP contribution in [0.4, 0.5) is 8.78 Å². The first kappa shape index (κ1) is 6.68. The summed E-state index contributed by atoms with van der Waals surface area (Å²) in [6.45, 7) is 0.902. The summed E-state index contributed by atoms with van der Waals surface area (Å²) in [5, 5.41) is 1.65. The Labute approximate surface area is 56.1 Å². The molecule has 3 heteroatoms. The fourth-order valence-electron chi connectivity index (χ4n) is 0.528. The average molecular weight is 148 g/mol. The molecule has 0 N–H and O–H groups in total. The van der Waals surface area contributed by atoms with Crippen molar-refractivity contribution in [3.05, 3.63) is 22.4 Å². The zero-order chi connectivity index (χ0) is 6.91. The Morgan fingerprint density at radius 1 is 1.56 bits per heavy atom. The van der Waals surface area contributed by atoms with Crippen LogP contribution in [0, 0.1) is 0 Å². The number of halogens is 2. The van der Waals surface area contributed by atoms with E-state index in [2.05, 4.69) is 0 Å². The fourth-order valence-corrected chi connectivity index (χ4v) is 1.20. The first-order valence-corrected chi connectivity index (χ1v) is 3.40. The second-order valence-corrected chi connectivity index (χ2v) is 2.81. The molecule has 0 aliphatic heterocycles. The van der Waals surface area contributed by atoms with E-state index in [1.807, 2.05) is 0 Å². The average Bonchev–Trinajstić information content (AvgIpc) is 2.08. The standard InChI is InChI=1S/C6H6F2S/c1-6(7,8)5-3-2-4-9-5/h2-4H,1H3. The van der Waals surface area contributed by atoms with Crippen LogP contribution in [-0.2, 0) is 5.92 Å². The summed E-state index contributed by atoms with van der Waals surface area (Å²) in [6, 6.07) is 3.06. The third kappa shape index (κ3) is 1.48. The van der Waals surface area contributed by atoms with Gasteiger partial charge in [0.25, 0.3) is 5.92 Å². The van der Waals surface area contributed by atoms with E-state index in [1.165, 1.54) is 6.07 Å². The molecule has 0 amide bonds. The van der Waals surface area contributed by atoms with Gasteiger partial charge in [-0.25, -0.2) is 8.78 Å². The summed E-state index contributed by atoms with van der Waals surface area (Å²) in [7, 11) is 0. The number of thiophene rings is 1. The minimum atomic E-state index is -2.66. The van der Waals surface area contributed by atoms with Gasteiger partial charge >= 0.3 is 0 Å². The molecule has 0 saturated carbocycles. The maximum atomic E-state index is 12.3. The van der Waals surface area contributed by atoms with Gasteiger partial charge in [-0.1, -0.05) is 6.07 Å². The second kappa shape index (κ2) is 2.06. The molecule has 1 rings (SSSR count). The molecule has 50 valence electrons. The van der Waals surface area contributed by atoms with Gasteiger partial charge in [-0.15, -0.1) is 11.3 Å². The zero-order valence-electron chi connectivity index (χ0n) is 4.90. The lowest BCUT2D eigenvalue weighted by atomic mass is 10.3. The fraction of sp³-hybridized carbons (Fsp3) is 0.333. The van der Waals surface area contributed by atoms with Gasteiger partial charge in [-0.3, -0.25) is 0 Å². The Balaban J connectivity index is 2.90. The highest BCUT2D eigenvalue weighted by Gasteiger charge is 2.24. The summed E-state index contributed by atoms with van der Waals surface area (Å²) in [4.78, 5) is 0.127. The van der Waals surface area contributed by atoms with Gasteiger partial charge < -0.3 is 0 Å². The quantitative estimate of drug-likeness (QED) is 0.574. The molecule has 0 aromatic carbocycles. The van der Waals surface area contributed by atoms with Crippen LogP contribution < -0.4 is 0 Å². The molecule has 0 radical (unpaired) electrons. The lowest BCUT2D eigenvalue weighted by Gasteiger charge is -2.04. The zero-order valence-corrected chi connectivity index (χ0v) is 5.71. The largest absolute Gasteiger partial charge is 0.279 e. The van der Waals surface area contributed by atoms with Gasteiger partial charge in [0.05, 0.1) is 4.88 Å². The van der Waals surface area contributed by atoms with E-state index in [9.17, 15) is 8.78 Å². The first-order valence-electron chi connectivity index (χ1n) is 2.52. The van der Waals surface area contributed by atoms with Crippen LogP contribution in [0.2, 0.25) is 0 Å². The molecule has 0 nitrogen and oxygen atoms in total. The smallest absolute Gasteiger partial charge is 0.201 e. The summed E-state index contributed by atoms with van der Waals surface area (Å²) in [5.74, 6) is -2.66. The van der Waals surface area contributed by atoms with Crippen LogP contribution >= 0.6 is 11.3 Å². The van der Waals surface area contributed by atoms with E-state index in [0.717, 1.165) is 18.3 Å². The van der Waals surface area contributed by atoms with E-state index < -0.39 is 5.92 Å². The topological polar surface area (TPSA) is 0 Å². The van der Waals surface area contributed by atoms with E-state index in [-0.39, 0.29) is 4.88 Å². The molecule has 1 aromatic rings. The number of alkyl halides is 2. The molecule has 0 aliphatic rings. The van der Waals surface area contributed by atoms with Crippen molar-refractivity contribution in [2.24, 2.45) is 0 Å². The predicted octanol–water partition coefficient (Wildman–Crippen LogP) is 2.86. The molecular formula is C6H6F2S. The van der Waals surface area contributed by atoms with Gasteiger partial charge in [0.1, 0.15) is 0 Å². The summed E-state index contributed by atoms with van der Waals surface area (Å²) in [5.41, 5.74) is 0. The van der Waals surface area contributed by atoms with E-state index in [4.69, 9.17) is 0 Å². The van der Waals surface area contributed by atoms with Crippen LogP contribution in [0.15, 0.2) is 17.5 Å². The van der Waals surface area contributed by atoms with Crippen molar-refractivity contribution in [2.45, 2.75) is 12.8 Å². The molecule has 0 aliphatic carbocycles. The van der Waals surface area contributed by atoms with Crippen molar-refractivity contribution in [2.75, 3.05) is 0 Å². The van der Waals surface area contributed by atoms with Gasteiger partial charge in [-0.2, -0.15) is 0 Å². The second-order valence-electron chi connectivity index (χ2n) is 1.87. The lowest BCUT2D eigenvalue weighted by Crippen LogP contribution is -2.02. The monoisotopic (exact) mass is 148 g/mol. The highest BCUT2D eigenvalue weighted by molar-refractivity contribution is 7.10. The van der Waals surface area contributed by atoms with Crippen LogP contribution in [0.5, 0.6) is 0 Å². The van der Waals surface area contributed by atoms with Gasteiger partial charge in [0, 0.05) is 6.92 Å². The van der Waals surface area contributed by atoms with Crippen LogP contribution in [0.3, 0.4) is 0 Å². The Bertz CT molecular complexity index is 173. The van der Waals surface area contributed by atoms with Crippen molar-refractivity contribution >= 4 is 11.3 Å². The summed E-state index contributed by atoms with van der Waals surface area (Å²) < 4.78 is 24.6.